The van der Waals surface area contributed by atoms with E-state index >= 15 is 0 Å². The normalized spacial score (nSPS) is 14.3. The van der Waals surface area contributed by atoms with Crippen molar-refractivity contribution in [1.29, 1.82) is 0 Å². The Bertz CT molecular complexity index is 563. The largest absolute Gasteiger partial charge is 0.364 e. The van der Waals surface area contributed by atoms with Gasteiger partial charge in [-0.25, -0.2) is 0 Å². The molecule has 1 amide bonds. The van der Waals surface area contributed by atoms with E-state index in [1.807, 2.05) is 12.1 Å². The summed E-state index contributed by atoms with van der Waals surface area (Å²) >= 11 is 1.74. The Morgan fingerprint density at radius 2 is 2.21 bits per heavy atom. The summed E-state index contributed by atoms with van der Waals surface area (Å²) in [7, 11) is 0. The van der Waals surface area contributed by atoms with Crippen molar-refractivity contribution in [2.24, 2.45) is 5.73 Å². The minimum atomic E-state index is -0.546. The number of carbonyl (C=O) groups excluding carboxylic acids is 1. The van der Waals surface area contributed by atoms with E-state index in [9.17, 15) is 4.79 Å². The number of carbonyl (C=O) groups is 1. The fraction of sp³-hybridized carbons (Fsp3) is 0.308. The van der Waals surface area contributed by atoms with Crippen LogP contribution in [0.15, 0.2) is 29.6 Å². The predicted molar refractivity (Wildman–Crippen MR) is 74.1 cm³/mol. The number of thiophene rings is 1. The van der Waals surface area contributed by atoms with Gasteiger partial charge in [-0.15, -0.1) is 21.5 Å². The first-order valence-corrected chi connectivity index (χ1v) is 7.04. The highest BCUT2D eigenvalue weighted by molar-refractivity contribution is 7.09. The third-order valence-electron chi connectivity index (χ3n) is 3.09. The number of primary amides is 1. The summed E-state index contributed by atoms with van der Waals surface area (Å²) < 4.78 is 0. The molecule has 2 heterocycles. The Morgan fingerprint density at radius 1 is 1.37 bits per heavy atom. The van der Waals surface area contributed by atoms with E-state index in [-0.39, 0.29) is 5.69 Å². The van der Waals surface area contributed by atoms with Gasteiger partial charge >= 0.3 is 0 Å². The molecule has 3 rings (SSSR count). The molecule has 19 heavy (non-hydrogen) atoms. The van der Waals surface area contributed by atoms with Crippen molar-refractivity contribution in [2.45, 2.75) is 25.4 Å². The molecule has 2 aromatic heterocycles. The maximum absolute atomic E-state index is 11.0. The fourth-order valence-electron chi connectivity index (χ4n) is 1.96. The Morgan fingerprint density at radius 3 is 2.74 bits per heavy atom. The molecule has 0 atom stereocenters. The Hall–Kier alpha value is -1.95. The lowest BCUT2D eigenvalue weighted by molar-refractivity contribution is 0.0994. The van der Waals surface area contributed by atoms with E-state index in [4.69, 9.17) is 5.73 Å². The quantitative estimate of drug-likeness (QED) is 0.902. The highest BCUT2D eigenvalue weighted by atomic mass is 32.1. The van der Waals surface area contributed by atoms with Gasteiger partial charge in [-0.2, -0.15) is 0 Å². The molecule has 98 valence electrons. The molecule has 6 heteroatoms. The topological polar surface area (TPSA) is 72.1 Å². The highest BCUT2D eigenvalue weighted by Gasteiger charge is 2.30. The SMILES string of the molecule is NC(=O)c1ccc(N(Cc2cccs2)C2CC2)nn1. The maximum atomic E-state index is 11.0. The van der Waals surface area contributed by atoms with Gasteiger partial charge in [0.05, 0.1) is 6.54 Å². The van der Waals surface area contributed by atoms with Crippen LogP contribution in [0.2, 0.25) is 0 Å². The van der Waals surface area contributed by atoms with Crippen molar-refractivity contribution >= 4 is 23.1 Å². The molecular formula is C13H14N4OS. The summed E-state index contributed by atoms with van der Waals surface area (Å²) in [5.41, 5.74) is 5.37. The second kappa shape index (κ2) is 4.97. The van der Waals surface area contributed by atoms with Gasteiger partial charge in [0.2, 0.25) is 0 Å². The number of hydrogen-bond acceptors (Lipinski definition) is 5. The van der Waals surface area contributed by atoms with Crippen molar-refractivity contribution in [1.82, 2.24) is 10.2 Å². The molecule has 1 aliphatic rings. The molecule has 1 aliphatic carbocycles. The van der Waals surface area contributed by atoms with Crippen LogP contribution in [0, 0.1) is 0 Å². The second-order valence-corrected chi connectivity index (χ2v) is 5.61. The minimum absolute atomic E-state index is 0.204. The van der Waals surface area contributed by atoms with Crippen LogP contribution < -0.4 is 10.6 Å². The van der Waals surface area contributed by atoms with Gasteiger partial charge in [0, 0.05) is 10.9 Å². The zero-order valence-corrected chi connectivity index (χ0v) is 11.1. The van der Waals surface area contributed by atoms with Crippen molar-refractivity contribution in [3.8, 4) is 0 Å². The molecule has 1 fully saturated rings. The van der Waals surface area contributed by atoms with Crippen LogP contribution in [-0.2, 0) is 6.54 Å². The summed E-state index contributed by atoms with van der Waals surface area (Å²) in [4.78, 5) is 14.5. The summed E-state index contributed by atoms with van der Waals surface area (Å²) in [5.74, 6) is 0.260. The molecule has 0 bridgehead atoms. The van der Waals surface area contributed by atoms with Gasteiger partial charge < -0.3 is 10.6 Å². The van der Waals surface area contributed by atoms with Gasteiger partial charge in [-0.3, -0.25) is 4.79 Å². The van der Waals surface area contributed by atoms with E-state index in [0.29, 0.717) is 6.04 Å². The molecular weight excluding hydrogens is 260 g/mol. The van der Waals surface area contributed by atoms with Crippen LogP contribution in [0.4, 0.5) is 5.82 Å². The first-order valence-electron chi connectivity index (χ1n) is 6.16. The molecule has 5 nitrogen and oxygen atoms in total. The molecule has 0 aromatic carbocycles. The van der Waals surface area contributed by atoms with E-state index in [2.05, 4.69) is 26.5 Å². The number of aromatic nitrogens is 2. The van der Waals surface area contributed by atoms with Crippen molar-refractivity contribution < 1.29 is 4.79 Å². The zero-order chi connectivity index (χ0) is 13.2. The van der Waals surface area contributed by atoms with Crippen molar-refractivity contribution in [3.63, 3.8) is 0 Å². The van der Waals surface area contributed by atoms with Gasteiger partial charge in [0.25, 0.3) is 5.91 Å². The minimum Gasteiger partial charge on any atom is -0.364 e. The number of nitrogens with two attached hydrogens (primary N) is 1. The van der Waals surface area contributed by atoms with E-state index in [1.54, 1.807) is 17.4 Å². The van der Waals surface area contributed by atoms with Crippen molar-refractivity contribution in [3.05, 3.63) is 40.2 Å². The first kappa shape index (κ1) is 12.1. The predicted octanol–water partition coefficient (Wildman–Crippen LogP) is 1.81. The Kier molecular flexibility index (Phi) is 3.16. The first-order chi connectivity index (χ1) is 9.24. The average Bonchev–Trinajstić information content (AvgIpc) is 3.13. The third-order valence-corrected chi connectivity index (χ3v) is 3.95. The molecule has 0 saturated heterocycles. The molecule has 2 N–H and O–H groups in total. The lowest BCUT2D eigenvalue weighted by Gasteiger charge is -2.22. The summed E-state index contributed by atoms with van der Waals surface area (Å²) in [5, 5.41) is 10.1. The van der Waals surface area contributed by atoms with Crippen molar-refractivity contribution in [2.75, 3.05) is 4.90 Å². The van der Waals surface area contributed by atoms with Crippen LogP contribution >= 0.6 is 11.3 Å². The van der Waals surface area contributed by atoms with E-state index in [0.717, 1.165) is 12.4 Å². The number of amides is 1. The summed E-state index contributed by atoms with van der Waals surface area (Å²) in [6, 6.07) is 8.15. The molecule has 0 spiro atoms. The average molecular weight is 274 g/mol. The fourth-order valence-corrected chi connectivity index (χ4v) is 2.67. The van der Waals surface area contributed by atoms with Crippen LogP contribution in [0.1, 0.15) is 28.2 Å². The number of nitrogens with zero attached hydrogens (tertiary/aromatic N) is 3. The smallest absolute Gasteiger partial charge is 0.269 e. The number of anilines is 1. The van der Waals surface area contributed by atoms with Gasteiger partial charge in [0.15, 0.2) is 11.5 Å². The standard InChI is InChI=1S/C13H14N4OS/c14-13(18)11-5-6-12(16-15-11)17(9-3-4-9)8-10-2-1-7-19-10/h1-2,5-7,9H,3-4,8H2,(H2,14,18). The molecule has 1 saturated carbocycles. The molecule has 2 aromatic rings. The van der Waals surface area contributed by atoms with Crippen LogP contribution in [0.25, 0.3) is 0 Å². The lowest BCUT2D eigenvalue weighted by atomic mass is 10.3. The van der Waals surface area contributed by atoms with Crippen LogP contribution in [-0.4, -0.2) is 22.1 Å². The molecule has 0 unspecified atom stereocenters. The number of hydrogen-bond donors (Lipinski definition) is 1. The maximum Gasteiger partial charge on any atom is 0.269 e. The Labute approximate surface area is 115 Å². The monoisotopic (exact) mass is 274 g/mol. The molecule has 0 radical (unpaired) electrons. The van der Waals surface area contributed by atoms with Crippen LogP contribution in [0.5, 0.6) is 0 Å². The second-order valence-electron chi connectivity index (χ2n) is 4.58. The zero-order valence-electron chi connectivity index (χ0n) is 10.3. The van der Waals surface area contributed by atoms with E-state index in [1.165, 1.54) is 17.7 Å². The van der Waals surface area contributed by atoms with Gasteiger partial charge in [-0.1, -0.05) is 6.07 Å². The highest BCUT2D eigenvalue weighted by Crippen LogP contribution is 2.32. The van der Waals surface area contributed by atoms with Crippen LogP contribution in [0.3, 0.4) is 0 Å². The van der Waals surface area contributed by atoms with Gasteiger partial charge in [0.1, 0.15) is 0 Å². The van der Waals surface area contributed by atoms with Gasteiger partial charge in [-0.05, 0) is 36.4 Å². The number of rotatable bonds is 5. The Balaban J connectivity index is 1.81. The molecule has 0 aliphatic heterocycles. The third kappa shape index (κ3) is 2.73. The summed E-state index contributed by atoms with van der Waals surface area (Å²) in [6.07, 6.45) is 2.37. The van der Waals surface area contributed by atoms with E-state index < -0.39 is 5.91 Å². The summed E-state index contributed by atoms with van der Waals surface area (Å²) in [6.45, 7) is 0.840. The lowest BCUT2D eigenvalue weighted by Crippen LogP contribution is -2.26.